The highest BCUT2D eigenvalue weighted by Gasteiger charge is 2.37. The number of carbonyl (C=O) groups is 4. The molecule has 0 fully saturated rings. The van der Waals surface area contributed by atoms with Gasteiger partial charge in [0.15, 0.2) is 0 Å². The number of hydrogen-bond donors (Lipinski definition) is 3. The summed E-state index contributed by atoms with van der Waals surface area (Å²) in [7, 11) is 0. The van der Waals surface area contributed by atoms with E-state index in [-0.39, 0.29) is 6.54 Å². The van der Waals surface area contributed by atoms with Gasteiger partial charge in [0.05, 0.1) is 6.42 Å². The number of alkyl carbamates (subject to hydrolysis) is 1. The lowest BCUT2D eigenvalue weighted by molar-refractivity contribution is -0.142. The first-order valence-corrected chi connectivity index (χ1v) is 14.2. The standard InChI is InChI=1S/C33H42N4O5/c1-7-8-15-37(31(40)27(20-28(34)38)36-32(41)42-33(4,5)6)29(25-17-21(2)16-22(3)18-25)30(39)35-26-14-13-23-11-9-10-12-24(23)19-26/h9-14,16-19,27,29H,7-8,15,20H2,1-6H3,(H2,34,38)(H,35,39)(H,36,41). The van der Waals surface area contributed by atoms with Crippen molar-refractivity contribution in [3.05, 3.63) is 77.4 Å². The van der Waals surface area contributed by atoms with Crippen LogP contribution in [0.3, 0.4) is 0 Å². The molecule has 224 valence electrons. The zero-order valence-electron chi connectivity index (χ0n) is 25.3. The Bertz CT molecular complexity index is 1430. The molecule has 2 unspecified atom stereocenters. The Hall–Kier alpha value is -4.40. The van der Waals surface area contributed by atoms with Crippen LogP contribution in [0, 0.1) is 13.8 Å². The van der Waals surface area contributed by atoms with Gasteiger partial charge in [-0.3, -0.25) is 14.4 Å². The molecule has 3 aromatic carbocycles. The second-order valence-corrected chi connectivity index (χ2v) is 11.6. The first kappa shape index (κ1) is 32.1. The number of benzene rings is 3. The van der Waals surface area contributed by atoms with Gasteiger partial charge in [-0.1, -0.05) is 73.0 Å². The monoisotopic (exact) mass is 574 g/mol. The van der Waals surface area contributed by atoms with Gasteiger partial charge in [-0.05, 0) is 69.5 Å². The molecule has 0 aliphatic heterocycles. The van der Waals surface area contributed by atoms with E-state index in [0.717, 1.165) is 28.3 Å². The molecule has 42 heavy (non-hydrogen) atoms. The van der Waals surface area contributed by atoms with Gasteiger partial charge in [-0.15, -0.1) is 0 Å². The molecule has 0 aliphatic rings. The van der Waals surface area contributed by atoms with Crippen molar-refractivity contribution < 1.29 is 23.9 Å². The van der Waals surface area contributed by atoms with E-state index in [9.17, 15) is 19.2 Å². The molecule has 9 nitrogen and oxygen atoms in total. The highest BCUT2D eigenvalue weighted by atomic mass is 16.6. The van der Waals surface area contributed by atoms with Crippen LogP contribution in [0.2, 0.25) is 0 Å². The number of amides is 4. The number of unbranched alkanes of at least 4 members (excludes halogenated alkanes) is 1. The number of nitrogens with one attached hydrogen (secondary N) is 2. The molecule has 0 bridgehead atoms. The highest BCUT2D eigenvalue weighted by molar-refractivity contribution is 6.01. The summed E-state index contributed by atoms with van der Waals surface area (Å²) in [5.74, 6) is -1.80. The number of carbonyl (C=O) groups excluding carboxylic acids is 4. The van der Waals surface area contributed by atoms with Crippen LogP contribution in [0.15, 0.2) is 60.7 Å². The van der Waals surface area contributed by atoms with Crippen LogP contribution >= 0.6 is 0 Å². The highest BCUT2D eigenvalue weighted by Crippen LogP contribution is 2.28. The van der Waals surface area contributed by atoms with Crippen molar-refractivity contribution in [1.82, 2.24) is 10.2 Å². The summed E-state index contributed by atoms with van der Waals surface area (Å²) in [6, 6.07) is 16.8. The van der Waals surface area contributed by atoms with Gasteiger partial charge in [0.2, 0.25) is 11.8 Å². The maximum Gasteiger partial charge on any atom is 0.408 e. The second-order valence-electron chi connectivity index (χ2n) is 11.6. The second kappa shape index (κ2) is 14.0. The summed E-state index contributed by atoms with van der Waals surface area (Å²) in [6.45, 7) is 11.1. The van der Waals surface area contributed by atoms with Gasteiger partial charge < -0.3 is 26.0 Å². The first-order chi connectivity index (χ1) is 19.8. The molecule has 9 heteroatoms. The Labute approximate surface area is 247 Å². The van der Waals surface area contributed by atoms with Gasteiger partial charge in [-0.2, -0.15) is 0 Å². The lowest BCUT2D eigenvalue weighted by Crippen LogP contribution is -2.53. The largest absolute Gasteiger partial charge is 0.444 e. The Morgan fingerprint density at radius 3 is 2.17 bits per heavy atom. The molecule has 0 spiro atoms. The summed E-state index contributed by atoms with van der Waals surface area (Å²) < 4.78 is 5.35. The van der Waals surface area contributed by atoms with Crippen molar-refractivity contribution in [3.8, 4) is 0 Å². The average molecular weight is 575 g/mol. The summed E-state index contributed by atoms with van der Waals surface area (Å²) in [4.78, 5) is 54.4. The molecule has 4 N–H and O–H groups in total. The molecule has 3 rings (SSSR count). The summed E-state index contributed by atoms with van der Waals surface area (Å²) in [5.41, 5.74) is 7.71. The minimum atomic E-state index is -1.32. The molecule has 4 amide bonds. The maximum absolute atomic E-state index is 14.2. The summed E-state index contributed by atoms with van der Waals surface area (Å²) in [6.07, 6.45) is 0.0230. The predicted octanol–water partition coefficient (Wildman–Crippen LogP) is 5.53. The van der Waals surface area contributed by atoms with E-state index < -0.39 is 47.9 Å². The van der Waals surface area contributed by atoms with E-state index in [1.165, 1.54) is 4.90 Å². The van der Waals surface area contributed by atoms with Crippen LogP contribution in [0.25, 0.3) is 10.8 Å². The smallest absolute Gasteiger partial charge is 0.408 e. The maximum atomic E-state index is 14.2. The third-order valence-corrected chi connectivity index (χ3v) is 6.57. The topological polar surface area (TPSA) is 131 Å². The number of nitrogens with two attached hydrogens (primary N) is 1. The van der Waals surface area contributed by atoms with Gasteiger partial charge >= 0.3 is 6.09 Å². The fourth-order valence-electron chi connectivity index (χ4n) is 4.86. The van der Waals surface area contributed by atoms with Crippen molar-refractivity contribution >= 4 is 40.3 Å². The number of aryl methyl sites for hydroxylation is 2. The van der Waals surface area contributed by atoms with Crippen molar-refractivity contribution in [1.29, 1.82) is 0 Å². The molecule has 2 atom stereocenters. The van der Waals surface area contributed by atoms with E-state index in [0.29, 0.717) is 17.7 Å². The zero-order valence-corrected chi connectivity index (χ0v) is 25.3. The van der Waals surface area contributed by atoms with Gasteiger partial charge in [-0.25, -0.2) is 4.79 Å². The van der Waals surface area contributed by atoms with E-state index in [2.05, 4.69) is 10.6 Å². The Morgan fingerprint density at radius 2 is 1.57 bits per heavy atom. The van der Waals surface area contributed by atoms with Gasteiger partial charge in [0.1, 0.15) is 17.7 Å². The van der Waals surface area contributed by atoms with E-state index in [1.54, 1.807) is 20.8 Å². The fraction of sp³-hybridized carbons (Fsp3) is 0.394. The van der Waals surface area contributed by atoms with E-state index in [4.69, 9.17) is 10.5 Å². The molecule has 0 aromatic heterocycles. The van der Waals surface area contributed by atoms with Crippen molar-refractivity contribution in [2.24, 2.45) is 5.73 Å². The predicted molar refractivity (Wildman–Crippen MR) is 165 cm³/mol. The Balaban J connectivity index is 2.06. The zero-order chi connectivity index (χ0) is 31.0. The minimum Gasteiger partial charge on any atom is -0.444 e. The van der Waals surface area contributed by atoms with Crippen molar-refractivity contribution in [2.75, 3.05) is 11.9 Å². The minimum absolute atomic E-state index is 0.212. The number of rotatable bonds is 11. The summed E-state index contributed by atoms with van der Waals surface area (Å²) >= 11 is 0. The van der Waals surface area contributed by atoms with Crippen molar-refractivity contribution in [3.63, 3.8) is 0 Å². The quantitative estimate of drug-likeness (QED) is 0.277. The SMILES string of the molecule is CCCCN(C(=O)C(CC(N)=O)NC(=O)OC(C)(C)C)C(C(=O)Nc1ccc2ccccc2c1)c1cc(C)cc(C)c1. The van der Waals surface area contributed by atoms with Crippen LogP contribution < -0.4 is 16.4 Å². The summed E-state index contributed by atoms with van der Waals surface area (Å²) in [5, 5.41) is 7.50. The molecule has 0 aliphatic carbocycles. The molecule has 0 radical (unpaired) electrons. The Kier molecular flexibility index (Phi) is 10.7. The number of anilines is 1. The fourth-order valence-corrected chi connectivity index (χ4v) is 4.86. The van der Waals surface area contributed by atoms with Crippen LogP contribution in [0.1, 0.15) is 69.7 Å². The number of nitrogens with zero attached hydrogens (tertiary/aromatic N) is 1. The van der Waals surface area contributed by atoms with Crippen LogP contribution in [0.5, 0.6) is 0 Å². The number of ether oxygens (including phenoxy) is 1. The molecular weight excluding hydrogens is 532 g/mol. The number of fused-ring (bicyclic) bond motifs is 1. The number of hydrogen-bond acceptors (Lipinski definition) is 5. The van der Waals surface area contributed by atoms with Crippen molar-refractivity contribution in [2.45, 2.75) is 78.5 Å². The lowest BCUT2D eigenvalue weighted by Gasteiger charge is -2.34. The molecule has 0 heterocycles. The molecular formula is C33H42N4O5. The molecule has 0 saturated heterocycles. The van der Waals surface area contributed by atoms with Crippen LogP contribution in [-0.4, -0.2) is 46.9 Å². The third-order valence-electron chi connectivity index (χ3n) is 6.57. The van der Waals surface area contributed by atoms with Gasteiger partial charge in [0, 0.05) is 12.2 Å². The third kappa shape index (κ3) is 9.06. The van der Waals surface area contributed by atoms with Crippen LogP contribution in [-0.2, 0) is 19.1 Å². The first-order valence-electron chi connectivity index (χ1n) is 14.2. The molecule has 0 saturated carbocycles. The molecule has 3 aromatic rings. The lowest BCUT2D eigenvalue weighted by atomic mass is 9.97. The van der Waals surface area contributed by atoms with E-state index >= 15 is 0 Å². The number of primary amides is 1. The van der Waals surface area contributed by atoms with Crippen LogP contribution in [0.4, 0.5) is 10.5 Å². The van der Waals surface area contributed by atoms with E-state index in [1.807, 2.05) is 81.4 Å². The normalized spacial score (nSPS) is 12.7. The average Bonchev–Trinajstić information content (AvgIpc) is 2.88. The van der Waals surface area contributed by atoms with Gasteiger partial charge in [0.25, 0.3) is 5.91 Å². The Morgan fingerprint density at radius 1 is 0.929 bits per heavy atom.